The molecular weight excluding hydrogens is 160 g/mol. The topological polar surface area (TPSA) is 29.3 Å². The molecule has 1 heterocycles. The maximum atomic E-state index is 5.65. The number of nitrogens with two attached hydrogens (primary N) is 1. The molecule has 0 spiro atoms. The van der Waals surface area contributed by atoms with E-state index in [-0.39, 0.29) is 0 Å². The van der Waals surface area contributed by atoms with Crippen LogP contribution in [-0.4, -0.2) is 30.6 Å². The maximum Gasteiger partial charge on any atom is 0.0124 e. The molecule has 1 saturated heterocycles. The smallest absolute Gasteiger partial charge is 0.0124 e. The van der Waals surface area contributed by atoms with E-state index < -0.39 is 0 Å². The third kappa shape index (κ3) is 2.05. The Hall–Kier alpha value is -0.0800. The zero-order valence-corrected chi connectivity index (χ0v) is 8.54. The molecule has 2 N–H and O–H groups in total. The number of nitrogens with zero attached hydrogens (tertiary/aromatic N) is 1. The van der Waals surface area contributed by atoms with Gasteiger partial charge in [-0.05, 0) is 57.7 Å². The molecule has 0 aromatic carbocycles. The molecule has 2 fully saturated rings. The lowest BCUT2D eigenvalue weighted by Gasteiger charge is -2.28. The van der Waals surface area contributed by atoms with Crippen LogP contribution >= 0.6 is 0 Å². The Labute approximate surface area is 81.5 Å². The highest BCUT2D eigenvalue weighted by molar-refractivity contribution is 4.87. The van der Waals surface area contributed by atoms with Gasteiger partial charge < -0.3 is 10.6 Å². The van der Waals surface area contributed by atoms with Crippen molar-refractivity contribution in [1.29, 1.82) is 0 Å². The van der Waals surface area contributed by atoms with E-state index in [4.69, 9.17) is 5.73 Å². The van der Waals surface area contributed by atoms with E-state index in [0.29, 0.717) is 0 Å². The summed E-state index contributed by atoms with van der Waals surface area (Å²) in [5.74, 6) is 0.920. The van der Waals surface area contributed by atoms with Crippen molar-refractivity contribution in [2.24, 2.45) is 11.7 Å². The van der Waals surface area contributed by atoms with Gasteiger partial charge in [0.15, 0.2) is 0 Å². The van der Waals surface area contributed by atoms with Crippen LogP contribution in [0.25, 0.3) is 0 Å². The molecule has 2 rings (SSSR count). The van der Waals surface area contributed by atoms with E-state index in [2.05, 4.69) is 4.90 Å². The molecule has 2 heteroatoms. The molecule has 2 aliphatic rings. The molecule has 1 aliphatic carbocycles. The van der Waals surface area contributed by atoms with Gasteiger partial charge in [-0.1, -0.05) is 6.42 Å². The van der Waals surface area contributed by atoms with Gasteiger partial charge in [0.25, 0.3) is 0 Å². The summed E-state index contributed by atoms with van der Waals surface area (Å²) in [6.45, 7) is 3.59. The van der Waals surface area contributed by atoms with Gasteiger partial charge >= 0.3 is 0 Å². The van der Waals surface area contributed by atoms with Gasteiger partial charge in [0.05, 0.1) is 0 Å². The highest BCUT2D eigenvalue weighted by Gasteiger charge is 2.32. The van der Waals surface area contributed by atoms with Gasteiger partial charge in [-0.2, -0.15) is 0 Å². The lowest BCUT2D eigenvalue weighted by Crippen LogP contribution is -2.36. The van der Waals surface area contributed by atoms with Crippen LogP contribution in [0.1, 0.15) is 38.5 Å². The Morgan fingerprint density at radius 1 is 1.08 bits per heavy atom. The summed E-state index contributed by atoms with van der Waals surface area (Å²) in [6, 6.07) is 0.894. The quantitative estimate of drug-likeness (QED) is 0.718. The van der Waals surface area contributed by atoms with Gasteiger partial charge in [0.2, 0.25) is 0 Å². The molecule has 2 unspecified atom stereocenters. The molecule has 0 bridgehead atoms. The molecule has 1 aliphatic heterocycles. The second-order valence-corrected chi connectivity index (χ2v) is 4.58. The van der Waals surface area contributed by atoms with Crippen molar-refractivity contribution in [1.82, 2.24) is 4.90 Å². The zero-order chi connectivity index (χ0) is 9.10. The van der Waals surface area contributed by atoms with E-state index in [0.717, 1.165) is 18.5 Å². The molecule has 0 aromatic heterocycles. The van der Waals surface area contributed by atoms with Crippen LogP contribution in [0.2, 0.25) is 0 Å². The standard InChI is InChI=1S/C11H22N2/c12-7-6-10-4-3-5-11(10)13-8-1-2-9-13/h10-11H,1-9,12H2. The fourth-order valence-electron chi connectivity index (χ4n) is 3.12. The molecular formula is C11H22N2. The van der Waals surface area contributed by atoms with E-state index >= 15 is 0 Å². The van der Waals surface area contributed by atoms with Crippen molar-refractivity contribution in [2.45, 2.75) is 44.6 Å². The first kappa shape index (κ1) is 9.47. The fraction of sp³-hybridized carbons (Fsp3) is 1.00. The Kier molecular flexibility index (Phi) is 3.23. The predicted molar refractivity (Wildman–Crippen MR) is 55.6 cm³/mol. The molecule has 0 aromatic rings. The van der Waals surface area contributed by atoms with E-state index in [1.165, 1.54) is 51.6 Å². The van der Waals surface area contributed by atoms with Crippen molar-refractivity contribution in [3.05, 3.63) is 0 Å². The van der Waals surface area contributed by atoms with Gasteiger partial charge in [-0.25, -0.2) is 0 Å². The van der Waals surface area contributed by atoms with Crippen LogP contribution in [0.15, 0.2) is 0 Å². The number of hydrogen-bond acceptors (Lipinski definition) is 2. The van der Waals surface area contributed by atoms with Gasteiger partial charge in [0.1, 0.15) is 0 Å². The van der Waals surface area contributed by atoms with Crippen molar-refractivity contribution >= 4 is 0 Å². The van der Waals surface area contributed by atoms with Crippen molar-refractivity contribution in [3.63, 3.8) is 0 Å². The average molecular weight is 182 g/mol. The second-order valence-electron chi connectivity index (χ2n) is 4.58. The third-order valence-corrected chi connectivity index (χ3v) is 3.77. The van der Waals surface area contributed by atoms with Crippen molar-refractivity contribution in [2.75, 3.05) is 19.6 Å². The lowest BCUT2D eigenvalue weighted by molar-refractivity contribution is 0.192. The normalized spacial score (nSPS) is 35.8. The summed E-state index contributed by atoms with van der Waals surface area (Å²) in [5.41, 5.74) is 5.65. The van der Waals surface area contributed by atoms with E-state index in [1.807, 2.05) is 0 Å². The first-order valence-corrected chi connectivity index (χ1v) is 5.86. The molecule has 2 nitrogen and oxygen atoms in total. The van der Waals surface area contributed by atoms with Crippen LogP contribution in [0.5, 0.6) is 0 Å². The van der Waals surface area contributed by atoms with Crippen molar-refractivity contribution < 1.29 is 0 Å². The zero-order valence-electron chi connectivity index (χ0n) is 8.54. The first-order valence-electron chi connectivity index (χ1n) is 5.86. The first-order chi connectivity index (χ1) is 6.42. The molecule has 76 valence electrons. The van der Waals surface area contributed by atoms with Gasteiger partial charge in [-0.15, -0.1) is 0 Å². The minimum Gasteiger partial charge on any atom is -0.330 e. The summed E-state index contributed by atoms with van der Waals surface area (Å²) in [4.78, 5) is 2.72. The summed E-state index contributed by atoms with van der Waals surface area (Å²) >= 11 is 0. The van der Waals surface area contributed by atoms with Crippen LogP contribution < -0.4 is 5.73 Å². The highest BCUT2D eigenvalue weighted by atomic mass is 15.2. The molecule has 13 heavy (non-hydrogen) atoms. The second kappa shape index (κ2) is 4.43. The van der Waals surface area contributed by atoms with E-state index in [9.17, 15) is 0 Å². The van der Waals surface area contributed by atoms with E-state index in [1.54, 1.807) is 0 Å². The minimum atomic E-state index is 0.884. The average Bonchev–Trinajstić information content (AvgIpc) is 2.71. The molecule has 2 atom stereocenters. The third-order valence-electron chi connectivity index (χ3n) is 3.77. The van der Waals surface area contributed by atoms with Gasteiger partial charge in [0, 0.05) is 6.04 Å². The van der Waals surface area contributed by atoms with Crippen LogP contribution in [-0.2, 0) is 0 Å². The molecule has 0 amide bonds. The number of hydrogen-bond donors (Lipinski definition) is 1. The minimum absolute atomic E-state index is 0.884. The Morgan fingerprint density at radius 3 is 2.54 bits per heavy atom. The largest absolute Gasteiger partial charge is 0.330 e. The number of rotatable bonds is 3. The summed E-state index contributed by atoms with van der Waals surface area (Å²) < 4.78 is 0. The number of likely N-dealkylation sites (tertiary alicyclic amines) is 1. The van der Waals surface area contributed by atoms with Gasteiger partial charge in [-0.3, -0.25) is 0 Å². The SMILES string of the molecule is NCCC1CCCC1N1CCCC1. The Bertz CT molecular complexity index is 152. The summed E-state index contributed by atoms with van der Waals surface area (Å²) in [7, 11) is 0. The molecule has 0 radical (unpaired) electrons. The molecule has 1 saturated carbocycles. The highest BCUT2D eigenvalue weighted by Crippen LogP contribution is 2.33. The fourth-order valence-corrected chi connectivity index (χ4v) is 3.12. The maximum absolute atomic E-state index is 5.65. The lowest BCUT2D eigenvalue weighted by atomic mass is 9.98. The van der Waals surface area contributed by atoms with Crippen LogP contribution in [0.3, 0.4) is 0 Å². The van der Waals surface area contributed by atoms with Crippen molar-refractivity contribution in [3.8, 4) is 0 Å². The summed E-state index contributed by atoms with van der Waals surface area (Å²) in [5, 5.41) is 0. The Balaban J connectivity index is 1.88. The van der Waals surface area contributed by atoms with Crippen LogP contribution in [0.4, 0.5) is 0 Å². The summed E-state index contributed by atoms with van der Waals surface area (Å²) in [6.07, 6.45) is 8.40. The monoisotopic (exact) mass is 182 g/mol. The van der Waals surface area contributed by atoms with Crippen LogP contribution in [0, 0.1) is 5.92 Å². The predicted octanol–water partition coefficient (Wildman–Crippen LogP) is 1.60. The Morgan fingerprint density at radius 2 is 1.85 bits per heavy atom.